The number of hydrogen-bond acceptors (Lipinski definition) is 4. The van der Waals surface area contributed by atoms with Crippen LogP contribution in [0.4, 0.5) is 18.9 Å². The van der Waals surface area contributed by atoms with Gasteiger partial charge in [0.15, 0.2) is 5.82 Å². The third-order valence-corrected chi connectivity index (χ3v) is 4.74. The quantitative estimate of drug-likeness (QED) is 0.660. The van der Waals surface area contributed by atoms with Crippen molar-refractivity contribution in [2.75, 3.05) is 11.4 Å². The van der Waals surface area contributed by atoms with Crippen LogP contribution < -0.4 is 4.90 Å². The Morgan fingerprint density at radius 3 is 2.39 bits per heavy atom. The lowest BCUT2D eigenvalue weighted by Crippen LogP contribution is -2.24. The molecule has 28 heavy (non-hydrogen) atoms. The van der Waals surface area contributed by atoms with Crippen molar-refractivity contribution < 1.29 is 22.5 Å². The fourth-order valence-corrected chi connectivity index (χ4v) is 3.17. The van der Waals surface area contributed by atoms with Gasteiger partial charge in [0.1, 0.15) is 0 Å². The van der Waals surface area contributed by atoms with Crippen molar-refractivity contribution in [3.8, 4) is 11.5 Å². The van der Waals surface area contributed by atoms with E-state index in [1.807, 2.05) is 31.2 Å². The van der Waals surface area contributed by atoms with Crippen LogP contribution >= 0.6 is 0 Å². The van der Waals surface area contributed by atoms with Gasteiger partial charge in [0.05, 0.1) is 5.56 Å². The molecule has 1 aliphatic rings. The summed E-state index contributed by atoms with van der Waals surface area (Å²) in [7, 11) is 0. The molecule has 1 aromatic heterocycles. The minimum atomic E-state index is -4.41. The summed E-state index contributed by atoms with van der Waals surface area (Å²) in [4.78, 5) is 18.2. The highest BCUT2D eigenvalue weighted by Gasteiger charge is 2.35. The van der Waals surface area contributed by atoms with Gasteiger partial charge in [-0.2, -0.15) is 18.2 Å². The number of carbonyl (C=O) groups is 1. The number of nitrogens with zero attached hydrogens (tertiary/aromatic N) is 3. The second-order valence-electron chi connectivity index (χ2n) is 6.77. The minimum absolute atomic E-state index is 0.174. The van der Waals surface area contributed by atoms with Crippen LogP contribution in [-0.2, 0) is 11.0 Å². The summed E-state index contributed by atoms with van der Waals surface area (Å²) in [5.41, 5.74) is 1.56. The SMILES string of the molecule is Cc1ccc(-c2nc(C3CC(=O)N(c4ccc(C(F)(F)F)cc4)C3)no2)cc1. The average molecular weight is 387 g/mol. The second-order valence-corrected chi connectivity index (χ2v) is 6.77. The molecule has 2 heterocycles. The largest absolute Gasteiger partial charge is 0.416 e. The van der Waals surface area contributed by atoms with E-state index >= 15 is 0 Å². The van der Waals surface area contributed by atoms with E-state index in [2.05, 4.69) is 10.1 Å². The summed E-state index contributed by atoms with van der Waals surface area (Å²) in [6.07, 6.45) is -4.24. The van der Waals surface area contributed by atoms with Gasteiger partial charge < -0.3 is 9.42 Å². The van der Waals surface area contributed by atoms with E-state index < -0.39 is 11.7 Å². The van der Waals surface area contributed by atoms with Crippen molar-refractivity contribution in [2.45, 2.75) is 25.4 Å². The first-order chi connectivity index (χ1) is 13.3. The molecule has 0 aliphatic carbocycles. The van der Waals surface area contributed by atoms with Crippen LogP contribution in [0, 0.1) is 6.92 Å². The summed E-state index contributed by atoms with van der Waals surface area (Å²) in [5.74, 6) is 0.318. The van der Waals surface area contributed by atoms with Crippen LogP contribution in [0.5, 0.6) is 0 Å². The van der Waals surface area contributed by atoms with Crippen LogP contribution in [0.15, 0.2) is 53.1 Å². The smallest absolute Gasteiger partial charge is 0.334 e. The monoisotopic (exact) mass is 387 g/mol. The number of halogens is 3. The Morgan fingerprint density at radius 1 is 1.07 bits per heavy atom. The lowest BCUT2D eigenvalue weighted by atomic mass is 10.1. The van der Waals surface area contributed by atoms with Gasteiger partial charge in [-0.15, -0.1) is 0 Å². The molecule has 1 fully saturated rings. The lowest BCUT2D eigenvalue weighted by Gasteiger charge is -2.17. The Morgan fingerprint density at radius 2 is 1.75 bits per heavy atom. The normalized spacial score (nSPS) is 17.4. The zero-order chi connectivity index (χ0) is 19.9. The summed E-state index contributed by atoms with van der Waals surface area (Å²) >= 11 is 0. The van der Waals surface area contributed by atoms with Crippen LogP contribution in [-0.4, -0.2) is 22.6 Å². The summed E-state index contributed by atoms with van der Waals surface area (Å²) in [5, 5.41) is 3.99. The number of hydrogen-bond donors (Lipinski definition) is 0. The fraction of sp³-hybridized carbons (Fsp3) is 0.250. The molecule has 0 bridgehead atoms. The van der Waals surface area contributed by atoms with Crippen LogP contribution in [0.2, 0.25) is 0 Å². The summed E-state index contributed by atoms with van der Waals surface area (Å²) < 4.78 is 43.5. The van der Waals surface area contributed by atoms with E-state index in [0.717, 1.165) is 23.3 Å². The first-order valence-corrected chi connectivity index (χ1v) is 8.69. The van der Waals surface area contributed by atoms with Crippen LogP contribution in [0.25, 0.3) is 11.5 Å². The van der Waals surface area contributed by atoms with Crippen molar-refractivity contribution in [1.29, 1.82) is 0 Å². The molecule has 4 rings (SSSR count). The van der Waals surface area contributed by atoms with E-state index in [0.29, 0.717) is 17.4 Å². The third-order valence-electron chi connectivity index (χ3n) is 4.74. The van der Waals surface area contributed by atoms with E-state index in [1.54, 1.807) is 0 Å². The summed E-state index contributed by atoms with van der Waals surface area (Å²) in [6.45, 7) is 2.26. The predicted molar refractivity (Wildman–Crippen MR) is 95.6 cm³/mol. The highest BCUT2D eigenvalue weighted by atomic mass is 19.4. The standard InChI is InChI=1S/C20H16F3N3O2/c1-12-2-4-13(5-3-12)19-24-18(25-28-19)14-10-17(27)26(11-14)16-8-6-15(7-9-16)20(21,22)23/h2-9,14H,10-11H2,1H3. The zero-order valence-corrected chi connectivity index (χ0v) is 14.9. The molecule has 1 unspecified atom stereocenters. The number of benzene rings is 2. The first-order valence-electron chi connectivity index (χ1n) is 8.69. The molecule has 5 nitrogen and oxygen atoms in total. The predicted octanol–water partition coefficient (Wildman–Crippen LogP) is 4.58. The Balaban J connectivity index is 1.51. The maximum Gasteiger partial charge on any atom is 0.416 e. The Labute approximate surface area is 158 Å². The van der Waals surface area contributed by atoms with Gasteiger partial charge in [0.25, 0.3) is 5.89 Å². The van der Waals surface area contributed by atoms with Gasteiger partial charge in [0.2, 0.25) is 5.91 Å². The number of aryl methyl sites for hydroxylation is 1. The highest BCUT2D eigenvalue weighted by molar-refractivity contribution is 5.96. The molecule has 1 saturated heterocycles. The zero-order valence-electron chi connectivity index (χ0n) is 14.9. The molecule has 0 N–H and O–H groups in total. The summed E-state index contributed by atoms with van der Waals surface area (Å²) in [6, 6.07) is 12.2. The average Bonchev–Trinajstić information content (AvgIpc) is 3.29. The molecule has 8 heteroatoms. The topological polar surface area (TPSA) is 59.2 Å². The molecule has 144 valence electrons. The van der Waals surface area contributed by atoms with Gasteiger partial charge in [-0.3, -0.25) is 4.79 Å². The molecule has 1 aliphatic heterocycles. The van der Waals surface area contributed by atoms with Crippen molar-refractivity contribution >= 4 is 11.6 Å². The lowest BCUT2D eigenvalue weighted by molar-refractivity contribution is -0.137. The van der Waals surface area contributed by atoms with Crippen molar-refractivity contribution in [3.05, 3.63) is 65.5 Å². The number of anilines is 1. The van der Waals surface area contributed by atoms with Crippen molar-refractivity contribution in [1.82, 2.24) is 10.1 Å². The molecule has 1 amide bonds. The second kappa shape index (κ2) is 6.78. The molecular formula is C20H16F3N3O2. The number of rotatable bonds is 3. The molecule has 3 aromatic rings. The van der Waals surface area contributed by atoms with Gasteiger partial charge in [-0.25, -0.2) is 0 Å². The highest BCUT2D eigenvalue weighted by Crippen LogP contribution is 2.34. The van der Waals surface area contributed by atoms with Crippen molar-refractivity contribution in [2.24, 2.45) is 0 Å². The number of carbonyl (C=O) groups excluding carboxylic acids is 1. The minimum Gasteiger partial charge on any atom is -0.334 e. The van der Waals surface area contributed by atoms with Crippen molar-refractivity contribution in [3.63, 3.8) is 0 Å². The van der Waals surface area contributed by atoms with Gasteiger partial charge in [0, 0.05) is 30.1 Å². The van der Waals surface area contributed by atoms with Gasteiger partial charge >= 0.3 is 6.18 Å². The maximum absolute atomic E-state index is 12.7. The van der Waals surface area contributed by atoms with Crippen LogP contribution in [0.1, 0.15) is 29.3 Å². The first kappa shape index (κ1) is 18.2. The molecular weight excluding hydrogens is 371 g/mol. The Bertz CT molecular complexity index is 995. The Hall–Kier alpha value is -3.16. The Kier molecular flexibility index (Phi) is 4.41. The van der Waals surface area contributed by atoms with Gasteiger partial charge in [-0.05, 0) is 43.3 Å². The van der Waals surface area contributed by atoms with Gasteiger partial charge in [-0.1, -0.05) is 22.9 Å². The van der Waals surface area contributed by atoms with E-state index in [-0.39, 0.29) is 24.8 Å². The molecule has 0 saturated carbocycles. The number of amides is 1. The van der Waals surface area contributed by atoms with E-state index in [9.17, 15) is 18.0 Å². The fourth-order valence-electron chi connectivity index (χ4n) is 3.17. The number of aromatic nitrogens is 2. The molecule has 1 atom stereocenters. The van der Waals surface area contributed by atoms with E-state index in [4.69, 9.17) is 4.52 Å². The number of alkyl halides is 3. The molecule has 0 spiro atoms. The maximum atomic E-state index is 12.7. The molecule has 0 radical (unpaired) electrons. The van der Waals surface area contributed by atoms with Crippen LogP contribution in [0.3, 0.4) is 0 Å². The third kappa shape index (κ3) is 3.49. The molecule has 2 aromatic carbocycles. The van der Waals surface area contributed by atoms with E-state index in [1.165, 1.54) is 17.0 Å².